The van der Waals surface area contributed by atoms with Gasteiger partial charge in [0.05, 0.1) is 12.7 Å². The lowest BCUT2D eigenvalue weighted by Gasteiger charge is -2.33. The van der Waals surface area contributed by atoms with Crippen LogP contribution in [0.3, 0.4) is 0 Å². The van der Waals surface area contributed by atoms with Gasteiger partial charge < -0.3 is 9.64 Å². The van der Waals surface area contributed by atoms with Crippen LogP contribution in [0, 0.1) is 0 Å². The van der Waals surface area contributed by atoms with Crippen LogP contribution in [0.15, 0.2) is 0 Å². The van der Waals surface area contributed by atoms with E-state index in [1.807, 2.05) is 4.90 Å². The molecule has 2 rings (SSSR count). The van der Waals surface area contributed by atoms with Crippen LogP contribution in [0.2, 0.25) is 0 Å². The Bertz CT molecular complexity index is 196. The van der Waals surface area contributed by atoms with E-state index in [4.69, 9.17) is 4.74 Å². The van der Waals surface area contributed by atoms with Gasteiger partial charge in [0.15, 0.2) is 0 Å². The van der Waals surface area contributed by atoms with Crippen LogP contribution < -0.4 is 0 Å². The lowest BCUT2D eigenvalue weighted by molar-refractivity contribution is -0.130. The summed E-state index contributed by atoms with van der Waals surface area (Å²) in [6.07, 6.45) is 0.476. The van der Waals surface area contributed by atoms with Crippen molar-refractivity contribution in [3.8, 4) is 0 Å². The standard InChI is InChI=1S/C9H16N2O2/c1-8(12)11-4-2-10(3-5-11)6-9-7-13-9/h9H,2-7H2,1H3/t9-/m1/s1. The number of hydrogen-bond acceptors (Lipinski definition) is 3. The fraction of sp³-hybridized carbons (Fsp3) is 0.889. The zero-order chi connectivity index (χ0) is 9.26. The van der Waals surface area contributed by atoms with E-state index >= 15 is 0 Å². The maximum Gasteiger partial charge on any atom is 0.219 e. The van der Waals surface area contributed by atoms with E-state index in [0.29, 0.717) is 6.10 Å². The summed E-state index contributed by atoms with van der Waals surface area (Å²) in [7, 11) is 0. The van der Waals surface area contributed by atoms with Crippen molar-refractivity contribution in [2.24, 2.45) is 0 Å². The normalized spacial score (nSPS) is 29.0. The number of hydrogen-bond donors (Lipinski definition) is 0. The summed E-state index contributed by atoms with van der Waals surface area (Å²) in [6, 6.07) is 0. The number of rotatable bonds is 2. The van der Waals surface area contributed by atoms with Crippen LogP contribution in [0.25, 0.3) is 0 Å². The summed E-state index contributed by atoms with van der Waals surface area (Å²) in [5.41, 5.74) is 0. The van der Waals surface area contributed by atoms with E-state index in [-0.39, 0.29) is 5.91 Å². The summed E-state index contributed by atoms with van der Waals surface area (Å²) in [4.78, 5) is 15.3. The predicted molar refractivity (Wildman–Crippen MR) is 48.4 cm³/mol. The molecule has 0 unspecified atom stereocenters. The highest BCUT2D eigenvalue weighted by atomic mass is 16.6. The molecule has 0 aromatic rings. The van der Waals surface area contributed by atoms with Gasteiger partial charge in [0.2, 0.25) is 5.91 Å². The Morgan fingerprint density at radius 1 is 1.38 bits per heavy atom. The highest BCUT2D eigenvalue weighted by molar-refractivity contribution is 5.73. The van der Waals surface area contributed by atoms with Gasteiger partial charge in [-0.15, -0.1) is 0 Å². The van der Waals surface area contributed by atoms with Crippen LogP contribution >= 0.6 is 0 Å². The fourth-order valence-electron chi connectivity index (χ4n) is 1.71. The first kappa shape index (κ1) is 8.97. The summed E-state index contributed by atoms with van der Waals surface area (Å²) in [5.74, 6) is 0.197. The van der Waals surface area contributed by atoms with Gasteiger partial charge in [-0.05, 0) is 0 Å². The molecule has 1 atom stereocenters. The van der Waals surface area contributed by atoms with Crippen LogP contribution in [0.4, 0.5) is 0 Å². The number of carbonyl (C=O) groups is 1. The maximum absolute atomic E-state index is 11.0. The van der Waals surface area contributed by atoms with E-state index in [1.54, 1.807) is 6.92 Å². The number of ether oxygens (including phenoxy) is 1. The minimum atomic E-state index is 0.197. The van der Waals surface area contributed by atoms with Crippen LogP contribution in [-0.4, -0.2) is 61.1 Å². The first-order valence-corrected chi connectivity index (χ1v) is 4.85. The molecular weight excluding hydrogens is 168 g/mol. The summed E-state index contributed by atoms with van der Waals surface area (Å²) in [5, 5.41) is 0. The number of nitrogens with zero attached hydrogens (tertiary/aromatic N) is 2. The van der Waals surface area contributed by atoms with Gasteiger partial charge >= 0.3 is 0 Å². The second-order valence-corrected chi connectivity index (χ2v) is 3.76. The fourth-order valence-corrected chi connectivity index (χ4v) is 1.71. The Labute approximate surface area is 78.4 Å². The first-order valence-electron chi connectivity index (χ1n) is 4.85. The topological polar surface area (TPSA) is 36.1 Å². The zero-order valence-corrected chi connectivity index (χ0v) is 8.03. The third kappa shape index (κ3) is 2.42. The monoisotopic (exact) mass is 184 g/mol. The molecule has 2 saturated heterocycles. The SMILES string of the molecule is CC(=O)N1CCN(C[C@@H]2CO2)CC1. The average molecular weight is 184 g/mol. The smallest absolute Gasteiger partial charge is 0.219 e. The largest absolute Gasteiger partial charge is 0.372 e. The molecular formula is C9H16N2O2. The number of amides is 1. The van der Waals surface area contributed by atoms with Gasteiger partial charge in [0, 0.05) is 39.6 Å². The molecule has 2 aliphatic heterocycles. The lowest BCUT2D eigenvalue weighted by atomic mass is 10.3. The third-order valence-electron chi connectivity index (χ3n) is 2.68. The molecule has 2 fully saturated rings. The Balaban J connectivity index is 1.71. The van der Waals surface area contributed by atoms with Gasteiger partial charge in [-0.1, -0.05) is 0 Å². The Hall–Kier alpha value is -0.610. The van der Waals surface area contributed by atoms with E-state index < -0.39 is 0 Å². The first-order chi connectivity index (χ1) is 6.25. The molecule has 0 aliphatic carbocycles. The molecule has 0 saturated carbocycles. The highest BCUT2D eigenvalue weighted by Gasteiger charge is 2.27. The lowest BCUT2D eigenvalue weighted by Crippen LogP contribution is -2.48. The second-order valence-electron chi connectivity index (χ2n) is 3.76. The van der Waals surface area contributed by atoms with Crippen molar-refractivity contribution >= 4 is 5.91 Å². The molecule has 0 spiro atoms. The molecule has 0 bridgehead atoms. The number of carbonyl (C=O) groups excluding carboxylic acids is 1. The predicted octanol–water partition coefficient (Wildman–Crippen LogP) is -0.451. The zero-order valence-electron chi connectivity index (χ0n) is 8.03. The van der Waals surface area contributed by atoms with Crippen molar-refractivity contribution < 1.29 is 9.53 Å². The molecule has 0 aromatic carbocycles. The minimum Gasteiger partial charge on any atom is -0.372 e. The summed E-state index contributed by atoms with van der Waals surface area (Å²) < 4.78 is 5.16. The van der Waals surface area contributed by atoms with E-state index in [1.165, 1.54) is 0 Å². The van der Waals surface area contributed by atoms with Gasteiger partial charge in [-0.3, -0.25) is 9.69 Å². The van der Waals surface area contributed by atoms with E-state index in [9.17, 15) is 4.79 Å². The Morgan fingerprint density at radius 2 is 2.00 bits per heavy atom. The maximum atomic E-state index is 11.0. The molecule has 2 heterocycles. The molecule has 2 aliphatic rings. The Morgan fingerprint density at radius 3 is 2.46 bits per heavy atom. The molecule has 0 N–H and O–H groups in total. The molecule has 74 valence electrons. The van der Waals surface area contributed by atoms with Gasteiger partial charge in [0.25, 0.3) is 0 Å². The third-order valence-corrected chi connectivity index (χ3v) is 2.68. The summed E-state index contributed by atoms with van der Waals surface area (Å²) in [6.45, 7) is 7.36. The van der Waals surface area contributed by atoms with Gasteiger partial charge in [0.1, 0.15) is 0 Å². The molecule has 13 heavy (non-hydrogen) atoms. The van der Waals surface area contributed by atoms with Crippen molar-refractivity contribution in [3.05, 3.63) is 0 Å². The van der Waals surface area contributed by atoms with Crippen molar-refractivity contribution in [1.29, 1.82) is 0 Å². The Kier molecular flexibility index (Phi) is 2.51. The van der Waals surface area contributed by atoms with Crippen LogP contribution in [0.1, 0.15) is 6.92 Å². The average Bonchev–Trinajstić information content (AvgIpc) is 2.89. The molecule has 4 nitrogen and oxygen atoms in total. The quantitative estimate of drug-likeness (QED) is 0.545. The highest BCUT2D eigenvalue weighted by Crippen LogP contribution is 2.12. The number of piperazine rings is 1. The van der Waals surface area contributed by atoms with Gasteiger partial charge in [-0.25, -0.2) is 0 Å². The van der Waals surface area contributed by atoms with Crippen LogP contribution in [0.5, 0.6) is 0 Å². The molecule has 0 aromatic heterocycles. The molecule has 4 heteroatoms. The van der Waals surface area contributed by atoms with Crippen molar-refractivity contribution in [2.75, 3.05) is 39.3 Å². The second kappa shape index (κ2) is 3.64. The van der Waals surface area contributed by atoms with Gasteiger partial charge in [-0.2, -0.15) is 0 Å². The van der Waals surface area contributed by atoms with E-state index in [0.717, 1.165) is 39.3 Å². The van der Waals surface area contributed by atoms with E-state index in [2.05, 4.69) is 4.90 Å². The molecule has 0 radical (unpaired) electrons. The molecule has 1 amide bonds. The van der Waals surface area contributed by atoms with Crippen molar-refractivity contribution in [3.63, 3.8) is 0 Å². The summed E-state index contributed by atoms with van der Waals surface area (Å²) >= 11 is 0. The van der Waals surface area contributed by atoms with Crippen LogP contribution in [-0.2, 0) is 9.53 Å². The van der Waals surface area contributed by atoms with Crippen molar-refractivity contribution in [2.45, 2.75) is 13.0 Å². The van der Waals surface area contributed by atoms with Crippen molar-refractivity contribution in [1.82, 2.24) is 9.80 Å². The minimum absolute atomic E-state index is 0.197. The number of epoxide rings is 1.